The number of nitrogens with zero attached hydrogens (tertiary/aromatic N) is 1. The van der Waals surface area contributed by atoms with Crippen molar-refractivity contribution >= 4 is 10.0 Å². The fraction of sp³-hybridized carbons (Fsp3) is 0.625. The van der Waals surface area contributed by atoms with Gasteiger partial charge in [-0.3, -0.25) is 0 Å². The van der Waals surface area contributed by atoms with Crippen molar-refractivity contribution in [2.75, 3.05) is 33.1 Å². The van der Waals surface area contributed by atoms with Crippen LogP contribution in [0, 0.1) is 5.82 Å². The first kappa shape index (κ1) is 18.2. The number of methoxy groups -OCH3 is 2. The lowest BCUT2D eigenvalue weighted by atomic mass is 9.90. The molecule has 1 aliphatic heterocycles. The third kappa shape index (κ3) is 4.22. The molecule has 1 fully saturated rings. The maximum Gasteiger partial charge on any atom is 0.216 e. The van der Waals surface area contributed by atoms with Crippen molar-refractivity contribution < 1.29 is 22.3 Å². The van der Waals surface area contributed by atoms with E-state index < -0.39 is 10.0 Å². The zero-order valence-electron chi connectivity index (χ0n) is 13.8. The Balaban J connectivity index is 2.04. The second kappa shape index (κ2) is 7.59. The number of benzene rings is 1. The molecule has 7 heteroatoms. The summed E-state index contributed by atoms with van der Waals surface area (Å²) < 4.78 is 50.5. The van der Waals surface area contributed by atoms with Crippen molar-refractivity contribution in [1.29, 1.82) is 0 Å². The Kier molecular flexibility index (Phi) is 6.00. The zero-order valence-corrected chi connectivity index (χ0v) is 14.6. The molecule has 1 atom stereocenters. The molecule has 1 aliphatic rings. The van der Waals surface area contributed by atoms with Gasteiger partial charge in [-0.1, -0.05) is 12.1 Å². The number of piperidine rings is 1. The first-order chi connectivity index (χ1) is 10.9. The lowest BCUT2D eigenvalue weighted by Crippen LogP contribution is -2.41. The Labute approximate surface area is 137 Å². The Hall–Kier alpha value is -1.18. The monoisotopic (exact) mass is 345 g/mol. The van der Waals surface area contributed by atoms with Crippen molar-refractivity contribution in [3.05, 3.63) is 29.6 Å². The molecule has 23 heavy (non-hydrogen) atoms. The zero-order chi connectivity index (χ0) is 17.0. The van der Waals surface area contributed by atoms with Crippen molar-refractivity contribution in [2.24, 2.45) is 0 Å². The van der Waals surface area contributed by atoms with Crippen molar-refractivity contribution in [2.45, 2.75) is 31.8 Å². The fourth-order valence-corrected chi connectivity index (χ4v) is 4.62. The minimum Gasteiger partial charge on any atom is -0.494 e. The summed E-state index contributed by atoms with van der Waals surface area (Å²) in [4.78, 5) is 0. The van der Waals surface area contributed by atoms with Gasteiger partial charge in [0.05, 0.1) is 19.0 Å². The molecule has 0 unspecified atom stereocenters. The van der Waals surface area contributed by atoms with E-state index in [2.05, 4.69) is 0 Å². The molecule has 0 aromatic heterocycles. The number of hydrogen-bond acceptors (Lipinski definition) is 4. The summed E-state index contributed by atoms with van der Waals surface area (Å²) in [6, 6.07) is 5.10. The van der Waals surface area contributed by atoms with Crippen LogP contribution in [0.25, 0.3) is 0 Å². The third-order valence-electron chi connectivity index (χ3n) is 4.35. The van der Waals surface area contributed by atoms with Crippen molar-refractivity contribution in [3.8, 4) is 5.75 Å². The molecule has 1 saturated heterocycles. The molecule has 0 saturated carbocycles. The summed E-state index contributed by atoms with van der Waals surface area (Å²) in [6.07, 6.45) is 0.864. The summed E-state index contributed by atoms with van der Waals surface area (Å²) >= 11 is 0. The van der Waals surface area contributed by atoms with E-state index in [1.165, 1.54) is 18.5 Å². The van der Waals surface area contributed by atoms with Crippen LogP contribution in [-0.2, 0) is 14.8 Å². The average Bonchev–Trinajstić information content (AvgIpc) is 2.54. The molecule has 0 amide bonds. The Morgan fingerprint density at radius 1 is 1.30 bits per heavy atom. The van der Waals surface area contributed by atoms with E-state index in [1.54, 1.807) is 25.1 Å². The highest BCUT2D eigenvalue weighted by atomic mass is 32.2. The largest absolute Gasteiger partial charge is 0.494 e. The van der Waals surface area contributed by atoms with E-state index in [1.807, 2.05) is 0 Å². The molecule has 0 radical (unpaired) electrons. The molecular formula is C16H24FNO4S. The van der Waals surface area contributed by atoms with Gasteiger partial charge < -0.3 is 9.47 Å². The van der Waals surface area contributed by atoms with Gasteiger partial charge in [-0.05, 0) is 37.3 Å². The molecule has 0 N–H and O–H groups in total. The number of halogens is 1. The summed E-state index contributed by atoms with van der Waals surface area (Å²) in [7, 11) is -0.397. The molecule has 0 spiro atoms. The number of sulfonamides is 1. The highest BCUT2D eigenvalue weighted by molar-refractivity contribution is 7.89. The van der Waals surface area contributed by atoms with E-state index in [9.17, 15) is 12.8 Å². The molecule has 1 aromatic rings. The van der Waals surface area contributed by atoms with Crippen LogP contribution in [-0.4, -0.2) is 51.9 Å². The Morgan fingerprint density at radius 3 is 2.52 bits per heavy atom. The van der Waals surface area contributed by atoms with Gasteiger partial charge in [-0.2, -0.15) is 0 Å². The minimum absolute atomic E-state index is 0.0106. The second-order valence-electron chi connectivity index (χ2n) is 5.86. The van der Waals surface area contributed by atoms with E-state index >= 15 is 0 Å². The van der Waals surface area contributed by atoms with Crippen LogP contribution in [0.2, 0.25) is 0 Å². The summed E-state index contributed by atoms with van der Waals surface area (Å²) in [5, 5.41) is 0. The molecule has 1 aromatic carbocycles. The lowest BCUT2D eigenvalue weighted by molar-refractivity contribution is 0.134. The van der Waals surface area contributed by atoms with Crippen LogP contribution in [0.1, 0.15) is 31.2 Å². The summed E-state index contributed by atoms with van der Waals surface area (Å²) in [6.45, 7) is 2.54. The SMILES string of the molecule is COc1cccc(C2CCN(S(=O)(=O)C[C@@H](C)OC)CC2)c1F. The predicted molar refractivity (Wildman–Crippen MR) is 86.8 cm³/mol. The van der Waals surface area contributed by atoms with Gasteiger partial charge in [0.1, 0.15) is 0 Å². The van der Waals surface area contributed by atoms with Crippen molar-refractivity contribution in [3.63, 3.8) is 0 Å². The van der Waals surface area contributed by atoms with Crippen LogP contribution in [0.15, 0.2) is 18.2 Å². The quantitative estimate of drug-likeness (QED) is 0.794. The van der Waals surface area contributed by atoms with Gasteiger partial charge >= 0.3 is 0 Å². The van der Waals surface area contributed by atoms with E-state index in [4.69, 9.17) is 9.47 Å². The molecular weight excluding hydrogens is 321 g/mol. The van der Waals surface area contributed by atoms with E-state index in [0.29, 0.717) is 31.5 Å². The van der Waals surface area contributed by atoms with Gasteiger partial charge in [0.25, 0.3) is 0 Å². The standard InChI is InChI=1S/C16H24FNO4S/c1-12(21-2)11-23(19,20)18-9-7-13(8-10-18)14-5-4-6-15(22-3)16(14)17/h4-6,12-13H,7-11H2,1-3H3/t12-/m1/s1. The topological polar surface area (TPSA) is 55.8 Å². The minimum atomic E-state index is -3.33. The highest BCUT2D eigenvalue weighted by Crippen LogP contribution is 2.33. The molecule has 5 nitrogen and oxygen atoms in total. The van der Waals surface area contributed by atoms with E-state index in [-0.39, 0.29) is 29.3 Å². The van der Waals surface area contributed by atoms with Crippen LogP contribution >= 0.6 is 0 Å². The van der Waals surface area contributed by atoms with Gasteiger partial charge in [0, 0.05) is 20.2 Å². The predicted octanol–water partition coefficient (Wildman–Crippen LogP) is 2.38. The van der Waals surface area contributed by atoms with Crippen LogP contribution in [0.5, 0.6) is 5.75 Å². The van der Waals surface area contributed by atoms with Crippen LogP contribution in [0.3, 0.4) is 0 Å². The number of rotatable bonds is 6. The molecule has 130 valence electrons. The fourth-order valence-electron chi connectivity index (χ4n) is 2.92. The van der Waals surface area contributed by atoms with Crippen LogP contribution in [0.4, 0.5) is 4.39 Å². The smallest absolute Gasteiger partial charge is 0.216 e. The molecule has 1 heterocycles. The Bertz CT molecular complexity index is 627. The van der Waals surface area contributed by atoms with Gasteiger partial charge in [0.15, 0.2) is 11.6 Å². The number of hydrogen-bond donors (Lipinski definition) is 0. The lowest BCUT2D eigenvalue weighted by Gasteiger charge is -2.32. The maximum absolute atomic E-state index is 14.3. The number of ether oxygens (including phenoxy) is 2. The maximum atomic E-state index is 14.3. The second-order valence-corrected chi connectivity index (χ2v) is 7.88. The summed E-state index contributed by atoms with van der Waals surface area (Å²) in [5.74, 6) is -0.131. The molecule has 2 rings (SSSR count). The van der Waals surface area contributed by atoms with Crippen LogP contribution < -0.4 is 4.74 Å². The van der Waals surface area contributed by atoms with Crippen molar-refractivity contribution in [1.82, 2.24) is 4.31 Å². The molecule has 0 aliphatic carbocycles. The van der Waals surface area contributed by atoms with Gasteiger partial charge in [-0.15, -0.1) is 0 Å². The highest BCUT2D eigenvalue weighted by Gasteiger charge is 2.31. The third-order valence-corrected chi connectivity index (χ3v) is 6.39. The first-order valence-corrected chi connectivity index (χ1v) is 9.33. The first-order valence-electron chi connectivity index (χ1n) is 7.72. The van der Waals surface area contributed by atoms with Gasteiger partial charge in [-0.25, -0.2) is 17.1 Å². The normalized spacial score (nSPS) is 18.8. The van der Waals surface area contributed by atoms with Gasteiger partial charge in [0.2, 0.25) is 10.0 Å². The Morgan fingerprint density at radius 2 is 1.96 bits per heavy atom. The summed E-state index contributed by atoms with van der Waals surface area (Å²) in [5.41, 5.74) is 0.603. The van der Waals surface area contributed by atoms with E-state index in [0.717, 1.165) is 0 Å². The molecule has 0 bridgehead atoms. The average molecular weight is 345 g/mol.